The van der Waals surface area contributed by atoms with E-state index < -0.39 is 0 Å². The van der Waals surface area contributed by atoms with E-state index in [9.17, 15) is 0 Å². The van der Waals surface area contributed by atoms with Crippen molar-refractivity contribution in [3.05, 3.63) is 24.8 Å². The highest BCUT2D eigenvalue weighted by Crippen LogP contribution is 2.39. The minimum absolute atomic E-state index is 0.347. The second-order valence-electron chi connectivity index (χ2n) is 4.45. The lowest BCUT2D eigenvalue weighted by Gasteiger charge is -2.32. The van der Waals surface area contributed by atoms with Gasteiger partial charge in [-0.2, -0.15) is 0 Å². The van der Waals surface area contributed by atoms with Crippen molar-refractivity contribution in [3.8, 4) is 0 Å². The molecule has 4 nitrogen and oxygen atoms in total. The third-order valence-corrected chi connectivity index (χ3v) is 3.86. The molecule has 0 aromatic heterocycles. The highest BCUT2D eigenvalue weighted by atomic mass is 15.6. The summed E-state index contributed by atoms with van der Waals surface area (Å²) in [6, 6.07) is 0. The van der Waals surface area contributed by atoms with Gasteiger partial charge in [-0.3, -0.25) is 0 Å². The molecule has 2 fully saturated rings. The predicted molar refractivity (Wildman–Crippen MR) is 66.1 cm³/mol. The molecule has 0 bridgehead atoms. The van der Waals surface area contributed by atoms with Crippen LogP contribution in [0.1, 0.15) is 13.8 Å². The van der Waals surface area contributed by atoms with E-state index in [1.807, 2.05) is 0 Å². The van der Waals surface area contributed by atoms with Crippen molar-refractivity contribution in [2.45, 2.75) is 26.2 Å². The summed E-state index contributed by atoms with van der Waals surface area (Å²) in [5.41, 5.74) is 0. The SMILES string of the molecule is C=C1N(C)C2C(N1CC)N(CC)C(=C)N2C. The molecule has 0 N–H and O–H groups in total. The Labute approximate surface area is 98.4 Å². The second kappa shape index (κ2) is 3.61. The van der Waals surface area contributed by atoms with E-state index in [0.717, 1.165) is 24.7 Å². The first-order valence-corrected chi connectivity index (χ1v) is 5.91. The molecule has 0 unspecified atom stereocenters. The number of hydrogen-bond acceptors (Lipinski definition) is 4. The Balaban J connectivity index is 2.38. The van der Waals surface area contributed by atoms with Crippen LogP contribution in [0.4, 0.5) is 0 Å². The molecular weight excluding hydrogens is 200 g/mol. The lowest BCUT2D eigenvalue weighted by Crippen LogP contribution is -2.44. The number of fused-ring (bicyclic) bond motifs is 1. The Hall–Kier alpha value is -1.32. The zero-order valence-electron chi connectivity index (χ0n) is 10.8. The van der Waals surface area contributed by atoms with Crippen molar-refractivity contribution < 1.29 is 0 Å². The van der Waals surface area contributed by atoms with E-state index in [-0.39, 0.29) is 0 Å². The molecule has 0 atom stereocenters. The Bertz CT molecular complexity index is 295. The van der Waals surface area contributed by atoms with Crippen molar-refractivity contribution in [3.63, 3.8) is 0 Å². The Morgan fingerprint density at radius 3 is 1.56 bits per heavy atom. The van der Waals surface area contributed by atoms with Crippen LogP contribution in [-0.4, -0.2) is 59.1 Å². The second-order valence-corrected chi connectivity index (χ2v) is 4.45. The Morgan fingerprint density at radius 2 is 1.25 bits per heavy atom. The molecule has 2 saturated heterocycles. The molecule has 2 rings (SSSR count). The maximum absolute atomic E-state index is 4.17. The third-order valence-electron chi connectivity index (χ3n) is 3.86. The smallest absolute Gasteiger partial charge is 0.144 e. The monoisotopic (exact) mass is 222 g/mol. The normalized spacial score (nSPS) is 29.5. The lowest BCUT2D eigenvalue weighted by atomic mass is 10.3. The van der Waals surface area contributed by atoms with E-state index in [2.05, 4.69) is 60.7 Å². The first-order chi connectivity index (χ1) is 7.54. The average molecular weight is 222 g/mol. The number of likely N-dealkylation sites (N-methyl/N-ethyl adjacent to an activating group) is 4. The van der Waals surface area contributed by atoms with Crippen molar-refractivity contribution in [2.75, 3.05) is 27.2 Å². The highest BCUT2D eigenvalue weighted by molar-refractivity contribution is 5.18. The van der Waals surface area contributed by atoms with Crippen LogP contribution in [0.25, 0.3) is 0 Å². The van der Waals surface area contributed by atoms with E-state index in [1.54, 1.807) is 0 Å². The van der Waals surface area contributed by atoms with Gasteiger partial charge in [0.2, 0.25) is 0 Å². The van der Waals surface area contributed by atoms with Gasteiger partial charge in [-0.15, -0.1) is 0 Å². The van der Waals surface area contributed by atoms with Crippen LogP contribution in [0.15, 0.2) is 24.8 Å². The molecule has 0 amide bonds. The first-order valence-electron chi connectivity index (χ1n) is 5.91. The van der Waals surface area contributed by atoms with Gasteiger partial charge in [0.15, 0.2) is 0 Å². The van der Waals surface area contributed by atoms with Crippen LogP contribution in [0.3, 0.4) is 0 Å². The Kier molecular flexibility index (Phi) is 2.52. The fraction of sp³-hybridized carbons (Fsp3) is 0.667. The maximum atomic E-state index is 4.17. The van der Waals surface area contributed by atoms with Gasteiger partial charge in [-0.05, 0) is 13.8 Å². The third kappa shape index (κ3) is 1.16. The van der Waals surface area contributed by atoms with Gasteiger partial charge in [0.1, 0.15) is 12.3 Å². The standard InChI is InChI=1S/C12H22N4/c1-7-15-9(3)13(5)11-12(15)16(8-2)10(4)14(11)6/h11-12H,3-4,7-8H2,1-2,5-6H3. The molecule has 0 aromatic carbocycles. The highest BCUT2D eigenvalue weighted by Gasteiger charge is 2.50. The molecule has 0 saturated carbocycles. The van der Waals surface area contributed by atoms with Crippen molar-refractivity contribution in [2.24, 2.45) is 0 Å². The summed E-state index contributed by atoms with van der Waals surface area (Å²) >= 11 is 0. The summed E-state index contributed by atoms with van der Waals surface area (Å²) in [5.74, 6) is 2.21. The van der Waals surface area contributed by atoms with Crippen molar-refractivity contribution >= 4 is 0 Å². The number of nitrogens with zero attached hydrogens (tertiary/aromatic N) is 4. The topological polar surface area (TPSA) is 13.0 Å². The van der Waals surface area contributed by atoms with Gasteiger partial charge < -0.3 is 19.6 Å². The lowest BCUT2D eigenvalue weighted by molar-refractivity contribution is 0.145. The molecule has 90 valence electrons. The fourth-order valence-corrected chi connectivity index (χ4v) is 2.91. The zero-order chi connectivity index (χ0) is 12.0. The summed E-state index contributed by atoms with van der Waals surface area (Å²) in [4.78, 5) is 9.19. The summed E-state index contributed by atoms with van der Waals surface area (Å²) in [5, 5.41) is 0. The quantitative estimate of drug-likeness (QED) is 0.694. The summed E-state index contributed by atoms with van der Waals surface area (Å²) in [7, 11) is 4.22. The van der Waals surface area contributed by atoms with Crippen LogP contribution in [0.2, 0.25) is 0 Å². The molecule has 0 aliphatic carbocycles. The molecule has 0 aromatic rings. The van der Waals surface area contributed by atoms with Crippen LogP contribution in [-0.2, 0) is 0 Å². The van der Waals surface area contributed by atoms with Crippen molar-refractivity contribution in [1.29, 1.82) is 0 Å². The van der Waals surface area contributed by atoms with Crippen LogP contribution >= 0.6 is 0 Å². The first kappa shape index (κ1) is 11.2. The van der Waals surface area contributed by atoms with Crippen molar-refractivity contribution in [1.82, 2.24) is 19.6 Å². The minimum atomic E-state index is 0.347. The summed E-state index contributed by atoms with van der Waals surface area (Å²) in [6.45, 7) is 14.7. The van der Waals surface area contributed by atoms with Crippen LogP contribution in [0.5, 0.6) is 0 Å². The molecule has 0 spiro atoms. The minimum Gasteiger partial charge on any atom is -0.338 e. The van der Waals surface area contributed by atoms with E-state index >= 15 is 0 Å². The maximum Gasteiger partial charge on any atom is 0.144 e. The number of rotatable bonds is 2. The zero-order valence-corrected chi connectivity index (χ0v) is 10.8. The molecule has 16 heavy (non-hydrogen) atoms. The van der Waals surface area contributed by atoms with E-state index in [1.165, 1.54) is 0 Å². The van der Waals surface area contributed by atoms with Crippen LogP contribution in [0, 0.1) is 0 Å². The molecule has 2 aliphatic heterocycles. The average Bonchev–Trinajstić information content (AvgIpc) is 2.65. The van der Waals surface area contributed by atoms with E-state index in [0.29, 0.717) is 12.3 Å². The molecule has 0 radical (unpaired) electrons. The van der Waals surface area contributed by atoms with Gasteiger partial charge in [0, 0.05) is 27.2 Å². The van der Waals surface area contributed by atoms with Gasteiger partial charge in [-0.1, -0.05) is 13.2 Å². The molecule has 2 aliphatic rings. The predicted octanol–water partition coefficient (Wildman–Crippen LogP) is 1.12. The van der Waals surface area contributed by atoms with Gasteiger partial charge in [0.25, 0.3) is 0 Å². The van der Waals surface area contributed by atoms with Gasteiger partial charge in [0.05, 0.1) is 11.6 Å². The van der Waals surface area contributed by atoms with Gasteiger partial charge >= 0.3 is 0 Å². The van der Waals surface area contributed by atoms with Crippen LogP contribution < -0.4 is 0 Å². The fourth-order valence-electron chi connectivity index (χ4n) is 2.91. The van der Waals surface area contributed by atoms with Gasteiger partial charge in [-0.25, -0.2) is 0 Å². The number of hydrogen-bond donors (Lipinski definition) is 0. The largest absolute Gasteiger partial charge is 0.338 e. The Morgan fingerprint density at radius 1 is 0.875 bits per heavy atom. The molecule has 2 heterocycles. The molecular formula is C12H22N4. The summed E-state index contributed by atoms with van der Waals surface area (Å²) < 4.78 is 0. The molecule has 4 heteroatoms. The summed E-state index contributed by atoms with van der Waals surface area (Å²) in [6.07, 6.45) is 0.713. The van der Waals surface area contributed by atoms with E-state index in [4.69, 9.17) is 0 Å².